The molecule has 27 heteroatoms. The molecule has 27 nitrogen and oxygen atoms in total. The van der Waals surface area contributed by atoms with Gasteiger partial charge in [-0.1, -0.05) is 40.5 Å². The van der Waals surface area contributed by atoms with Crippen molar-refractivity contribution in [2.45, 2.75) is 147 Å². The molecule has 0 aliphatic carbocycles. The molecule has 0 saturated carbocycles. The minimum absolute atomic E-state index is 0.0114. The van der Waals surface area contributed by atoms with Crippen molar-refractivity contribution in [3.8, 4) is 0 Å². The van der Waals surface area contributed by atoms with E-state index in [1.165, 1.54) is 19.3 Å². The predicted molar refractivity (Wildman–Crippen MR) is 241 cm³/mol. The van der Waals surface area contributed by atoms with Gasteiger partial charge in [0.25, 0.3) is 0 Å². The maximum Gasteiger partial charge on any atom is 0.326 e. The molecule has 0 saturated heterocycles. The Morgan fingerprint density at radius 2 is 1.12 bits per heavy atom. The number of imidazole rings is 1. The quantitative estimate of drug-likeness (QED) is 0.0299. The van der Waals surface area contributed by atoms with Crippen LogP contribution in [0.5, 0.6) is 0 Å². The summed E-state index contributed by atoms with van der Waals surface area (Å²) in [6.07, 6.45) is 1.66. The van der Waals surface area contributed by atoms with E-state index < -0.39 is 145 Å². The average molecular weight is 970 g/mol. The lowest BCUT2D eigenvalue weighted by Gasteiger charge is -2.29. The van der Waals surface area contributed by atoms with Crippen LogP contribution in [0, 0.1) is 11.8 Å². The van der Waals surface area contributed by atoms with Gasteiger partial charge in [0.2, 0.25) is 53.2 Å². The monoisotopic (exact) mass is 970 g/mol. The number of primary amides is 1. The minimum atomic E-state index is -1.80. The van der Waals surface area contributed by atoms with Crippen molar-refractivity contribution >= 4 is 59.1 Å². The molecule has 19 N–H and O–H groups in total. The summed E-state index contributed by atoms with van der Waals surface area (Å²) >= 11 is 0. The number of H-pyrrole nitrogens is 1. The molecule has 0 radical (unpaired) electrons. The summed E-state index contributed by atoms with van der Waals surface area (Å²) in [5, 5.41) is 58.3. The zero-order chi connectivity index (χ0) is 51.8. The highest BCUT2D eigenvalue weighted by molar-refractivity contribution is 5.99. The highest BCUT2D eigenvalue weighted by Gasteiger charge is 2.37. The number of unbranched alkanes of at least 4 members (excludes halogenated alkanes) is 1. The van der Waals surface area contributed by atoms with Crippen LogP contribution >= 0.6 is 0 Å². The Morgan fingerprint density at radius 3 is 1.62 bits per heavy atom. The number of nitrogens with one attached hydrogen (secondary N) is 9. The first kappa shape index (κ1) is 59.7. The molecule has 0 bridgehead atoms. The Morgan fingerprint density at radius 1 is 0.632 bits per heavy atom. The first-order valence-corrected chi connectivity index (χ1v) is 22.2. The Bertz CT molecular complexity index is 1850. The Labute approximate surface area is 393 Å². The molecular weight excluding hydrogens is 899 g/mol. The standard InChI is InChI=1S/C41H71N13O14/c1-7-19(3)30(44)38(64)52-27(18-56)37(63)54-32(22(6)57)40(66)47-21(5)33(59)53-31(20(4)8-2)39(65)50-25(16-29-45-13-14-46-29)35(61)49-24(15-28(43)58)34(60)51-26(17-55)36(62)48-23(41(67)68)11-9-10-12-42/h13-14,19-27,30-32,55-57H,7-12,15-18,42,44H2,1-6H3,(H2,43,58)(H,45,46)(H,47,66)(H,48,62)(H,49,61)(H,50,65)(H,51,60)(H,52,64)(H,53,59)(H,54,63)(H,67,68). The fraction of sp³-hybridized carbons (Fsp3) is 0.683. The average Bonchev–Trinajstić information content (AvgIpc) is 3.81. The number of aliphatic hydroxyl groups is 3. The smallest absolute Gasteiger partial charge is 0.326 e. The lowest BCUT2D eigenvalue weighted by Crippen LogP contribution is -2.62. The van der Waals surface area contributed by atoms with E-state index in [1.54, 1.807) is 27.7 Å². The highest BCUT2D eigenvalue weighted by Crippen LogP contribution is 2.11. The molecule has 9 amide bonds. The van der Waals surface area contributed by atoms with E-state index in [1.807, 2.05) is 0 Å². The lowest BCUT2D eigenvalue weighted by molar-refractivity contribution is -0.143. The van der Waals surface area contributed by atoms with E-state index in [0.29, 0.717) is 19.3 Å². The van der Waals surface area contributed by atoms with Crippen LogP contribution in [0.3, 0.4) is 0 Å². The molecule has 68 heavy (non-hydrogen) atoms. The molecule has 384 valence electrons. The highest BCUT2D eigenvalue weighted by atomic mass is 16.4. The number of nitrogens with two attached hydrogens (primary N) is 3. The second-order valence-corrected chi connectivity index (χ2v) is 16.4. The number of aliphatic hydroxyl groups excluding tert-OH is 3. The Kier molecular flexibility index (Phi) is 26.5. The lowest BCUT2D eigenvalue weighted by atomic mass is 9.97. The number of hydrogen-bond acceptors (Lipinski definition) is 16. The van der Waals surface area contributed by atoms with E-state index in [4.69, 9.17) is 17.2 Å². The maximum absolute atomic E-state index is 14.0. The number of aromatic amines is 1. The van der Waals surface area contributed by atoms with Crippen molar-refractivity contribution in [3.63, 3.8) is 0 Å². The van der Waals surface area contributed by atoms with Gasteiger partial charge in [-0.25, -0.2) is 9.78 Å². The van der Waals surface area contributed by atoms with Crippen molar-refractivity contribution in [1.29, 1.82) is 0 Å². The number of carbonyl (C=O) groups is 10. The first-order valence-electron chi connectivity index (χ1n) is 22.2. The molecule has 1 aromatic heterocycles. The van der Waals surface area contributed by atoms with Gasteiger partial charge in [-0.3, -0.25) is 43.2 Å². The summed E-state index contributed by atoms with van der Waals surface area (Å²) in [6, 6.07) is -13.6. The summed E-state index contributed by atoms with van der Waals surface area (Å²) in [5.41, 5.74) is 16.7. The molecule has 1 heterocycles. The summed E-state index contributed by atoms with van der Waals surface area (Å²) in [4.78, 5) is 137. The van der Waals surface area contributed by atoms with E-state index in [0.717, 1.165) is 6.92 Å². The van der Waals surface area contributed by atoms with Gasteiger partial charge < -0.3 is 85.1 Å². The number of carboxylic acids is 1. The van der Waals surface area contributed by atoms with E-state index in [-0.39, 0.29) is 37.5 Å². The van der Waals surface area contributed by atoms with Gasteiger partial charge in [-0.05, 0) is 51.5 Å². The van der Waals surface area contributed by atoms with Gasteiger partial charge in [-0.15, -0.1) is 0 Å². The zero-order valence-corrected chi connectivity index (χ0v) is 39.2. The van der Waals surface area contributed by atoms with Crippen LogP contribution in [0.4, 0.5) is 0 Å². The Hall–Kier alpha value is -6.29. The van der Waals surface area contributed by atoms with Crippen LogP contribution in [0.15, 0.2) is 12.4 Å². The van der Waals surface area contributed by atoms with Gasteiger partial charge in [0, 0.05) is 18.8 Å². The van der Waals surface area contributed by atoms with Crippen molar-refractivity contribution in [1.82, 2.24) is 52.5 Å². The predicted octanol–water partition coefficient (Wildman–Crippen LogP) is -6.28. The third-order valence-electron chi connectivity index (χ3n) is 11.0. The summed E-state index contributed by atoms with van der Waals surface area (Å²) in [5.74, 6) is -11.2. The molecule has 12 atom stereocenters. The summed E-state index contributed by atoms with van der Waals surface area (Å²) in [7, 11) is 0. The van der Waals surface area contributed by atoms with Crippen LogP contribution in [0.1, 0.15) is 85.9 Å². The summed E-state index contributed by atoms with van der Waals surface area (Å²) < 4.78 is 0. The van der Waals surface area contributed by atoms with Gasteiger partial charge in [-0.2, -0.15) is 0 Å². The van der Waals surface area contributed by atoms with Crippen molar-refractivity contribution in [3.05, 3.63) is 18.2 Å². The van der Waals surface area contributed by atoms with Crippen molar-refractivity contribution in [2.75, 3.05) is 19.8 Å². The van der Waals surface area contributed by atoms with E-state index >= 15 is 0 Å². The van der Waals surface area contributed by atoms with E-state index in [9.17, 15) is 68.4 Å². The number of aromatic nitrogens is 2. The summed E-state index contributed by atoms with van der Waals surface area (Å²) in [6.45, 7) is 7.58. The van der Waals surface area contributed by atoms with Gasteiger partial charge in [0.05, 0.1) is 31.8 Å². The van der Waals surface area contributed by atoms with Crippen LogP contribution in [-0.2, 0) is 54.4 Å². The topological polar surface area (TPSA) is 455 Å². The second kappa shape index (κ2) is 30.2. The Balaban J connectivity index is 3.28. The number of aliphatic carboxylic acids is 1. The second-order valence-electron chi connectivity index (χ2n) is 16.4. The van der Waals surface area contributed by atoms with Crippen LogP contribution < -0.4 is 59.7 Å². The first-order chi connectivity index (χ1) is 32.0. The maximum atomic E-state index is 14.0. The molecule has 0 aliphatic heterocycles. The SMILES string of the molecule is CCC(C)C(N)C(=O)NC(CO)C(=O)NC(C(=O)NC(C)C(=O)NC(C(=O)NC(Cc1ncc[nH]1)C(=O)NC(CC(N)=O)C(=O)NC(CO)C(=O)NC(CCCCN)C(=O)O)C(C)CC)C(C)O. The van der Waals surface area contributed by atoms with E-state index in [2.05, 4.69) is 52.5 Å². The molecule has 1 rings (SSSR count). The molecule has 12 unspecified atom stereocenters. The van der Waals surface area contributed by atoms with Gasteiger partial charge in [0.15, 0.2) is 0 Å². The number of nitrogens with zero attached hydrogens (tertiary/aromatic N) is 1. The van der Waals surface area contributed by atoms with Crippen molar-refractivity contribution in [2.24, 2.45) is 29.0 Å². The fourth-order valence-corrected chi connectivity index (χ4v) is 6.23. The van der Waals surface area contributed by atoms with Crippen LogP contribution in [0.25, 0.3) is 0 Å². The fourth-order valence-electron chi connectivity index (χ4n) is 6.23. The number of hydrogen-bond donors (Lipinski definition) is 16. The third-order valence-corrected chi connectivity index (χ3v) is 11.0. The molecule has 1 aromatic rings. The van der Waals surface area contributed by atoms with Gasteiger partial charge >= 0.3 is 5.97 Å². The number of amides is 9. The number of carboxylic acid groups (broad SMARTS) is 1. The zero-order valence-electron chi connectivity index (χ0n) is 39.2. The number of carbonyl (C=O) groups excluding carboxylic acids is 9. The molecule has 0 aliphatic rings. The molecule has 0 aromatic carbocycles. The van der Waals surface area contributed by atoms with Crippen LogP contribution in [-0.4, -0.2) is 170 Å². The minimum Gasteiger partial charge on any atom is -0.480 e. The molecule has 0 spiro atoms. The van der Waals surface area contributed by atoms with Crippen LogP contribution in [0.2, 0.25) is 0 Å². The molecular formula is C41H71N13O14. The largest absolute Gasteiger partial charge is 0.480 e. The van der Waals surface area contributed by atoms with Crippen molar-refractivity contribution < 1.29 is 68.4 Å². The normalized spacial score (nSPS) is 16.5. The van der Waals surface area contributed by atoms with Gasteiger partial charge in [0.1, 0.15) is 54.2 Å². The molecule has 0 fully saturated rings. The third kappa shape index (κ3) is 19.9. The number of rotatable bonds is 32.